The maximum absolute atomic E-state index is 14.2. The first-order chi connectivity index (χ1) is 29.2. The Bertz CT molecular complexity index is 3240. The molecule has 0 saturated heterocycles. The molecule has 0 fully saturated rings. The molecule has 292 valence electrons. The molecular weight excluding hydrogens is 767 g/mol. The van der Waals surface area contributed by atoms with Crippen LogP contribution in [0.15, 0.2) is 162 Å². The molecule has 6 aromatic carbocycles. The summed E-state index contributed by atoms with van der Waals surface area (Å²) < 4.78 is 4.31. The zero-order valence-corrected chi connectivity index (χ0v) is 33.8. The highest BCUT2D eigenvalue weighted by Gasteiger charge is 2.20. The molecule has 3 heterocycles. The van der Waals surface area contributed by atoms with Gasteiger partial charge in [0.15, 0.2) is 11.6 Å². The normalized spacial score (nSPS) is 11.9. The average molecular weight is 804 g/mol. The van der Waals surface area contributed by atoms with Gasteiger partial charge in [-0.15, -0.1) is 11.3 Å². The van der Waals surface area contributed by atoms with Gasteiger partial charge in [-0.1, -0.05) is 53.7 Å². The molecule has 0 saturated carbocycles. The molecule has 9 heteroatoms. The van der Waals surface area contributed by atoms with Crippen LogP contribution >= 0.6 is 11.3 Å². The van der Waals surface area contributed by atoms with E-state index in [4.69, 9.17) is 4.84 Å². The van der Waals surface area contributed by atoms with E-state index in [0.29, 0.717) is 38.4 Å². The number of allylic oxidation sites excluding steroid dienone is 2. The summed E-state index contributed by atoms with van der Waals surface area (Å²) in [5.41, 5.74) is 8.64. The molecule has 0 spiro atoms. The van der Waals surface area contributed by atoms with Crippen LogP contribution in [0.3, 0.4) is 0 Å². The molecule has 8 nitrogen and oxygen atoms in total. The molecular formula is C51H37N3O5S. The third-order valence-electron chi connectivity index (χ3n) is 10.8. The van der Waals surface area contributed by atoms with Gasteiger partial charge in [-0.2, -0.15) is 0 Å². The van der Waals surface area contributed by atoms with Gasteiger partial charge in [0.05, 0.1) is 15.9 Å². The van der Waals surface area contributed by atoms with Crippen molar-refractivity contribution < 1.29 is 24.0 Å². The number of fused-ring (bicyclic) bond motifs is 6. The van der Waals surface area contributed by atoms with Gasteiger partial charge in [0.25, 0.3) is 0 Å². The second-order valence-electron chi connectivity index (χ2n) is 14.4. The molecule has 60 heavy (non-hydrogen) atoms. The van der Waals surface area contributed by atoms with Gasteiger partial charge in [-0.25, -0.2) is 4.79 Å². The van der Waals surface area contributed by atoms with E-state index in [2.05, 4.69) is 21.2 Å². The molecule has 0 atom stereocenters. The van der Waals surface area contributed by atoms with Crippen LogP contribution in [-0.2, 0) is 16.2 Å². The molecule has 0 N–H and O–H groups in total. The Morgan fingerprint density at radius 3 is 1.62 bits per heavy atom. The van der Waals surface area contributed by atoms with Gasteiger partial charge >= 0.3 is 5.97 Å². The lowest BCUT2D eigenvalue weighted by molar-refractivity contribution is -0.140. The van der Waals surface area contributed by atoms with Crippen LogP contribution in [0.5, 0.6) is 0 Å². The van der Waals surface area contributed by atoms with Gasteiger partial charge in [-0.05, 0) is 122 Å². The molecule has 0 amide bonds. The van der Waals surface area contributed by atoms with Crippen molar-refractivity contribution >= 4 is 84.0 Å². The Hall–Kier alpha value is -7.49. The van der Waals surface area contributed by atoms with Crippen molar-refractivity contribution in [1.29, 1.82) is 0 Å². The van der Waals surface area contributed by atoms with Gasteiger partial charge < -0.3 is 14.0 Å². The van der Waals surface area contributed by atoms with Crippen molar-refractivity contribution in [2.75, 3.05) is 0 Å². The first-order valence-electron chi connectivity index (χ1n) is 19.6. The molecule has 0 aliphatic rings. The fourth-order valence-corrected chi connectivity index (χ4v) is 8.70. The number of carbonyl (C=O) groups is 4. The monoisotopic (exact) mass is 803 g/mol. The lowest BCUT2D eigenvalue weighted by atomic mass is 9.99. The Kier molecular flexibility index (Phi) is 9.95. The van der Waals surface area contributed by atoms with Crippen LogP contribution in [-0.4, -0.2) is 38.2 Å². The maximum atomic E-state index is 14.2. The second kappa shape index (κ2) is 15.7. The molecule has 9 aromatic rings. The summed E-state index contributed by atoms with van der Waals surface area (Å²) in [5.74, 6) is -0.755. The zero-order chi connectivity index (χ0) is 41.5. The smallest absolute Gasteiger partial charge is 0.332 e. The van der Waals surface area contributed by atoms with E-state index in [1.54, 1.807) is 6.08 Å². The largest absolute Gasteiger partial charge is 0.341 e. The van der Waals surface area contributed by atoms with Gasteiger partial charge in [0.2, 0.25) is 5.78 Å². The summed E-state index contributed by atoms with van der Waals surface area (Å²) in [6, 6.07) is 43.7. The Balaban J connectivity index is 1.11. The third kappa shape index (κ3) is 6.74. The molecule has 0 radical (unpaired) electrons. The number of aryl methyl sites for hydroxylation is 1. The fourth-order valence-electron chi connectivity index (χ4n) is 8.01. The minimum atomic E-state index is -0.524. The van der Waals surface area contributed by atoms with Gasteiger partial charge in [0.1, 0.15) is 5.71 Å². The number of ketones is 3. The van der Waals surface area contributed by atoms with Crippen LogP contribution in [0.4, 0.5) is 0 Å². The van der Waals surface area contributed by atoms with Crippen molar-refractivity contribution in [3.8, 4) is 5.69 Å². The Morgan fingerprint density at radius 1 is 0.583 bits per heavy atom. The molecule has 0 aliphatic carbocycles. The van der Waals surface area contributed by atoms with Crippen molar-refractivity contribution in [3.63, 3.8) is 0 Å². The van der Waals surface area contributed by atoms with E-state index in [-0.39, 0.29) is 17.3 Å². The zero-order valence-electron chi connectivity index (χ0n) is 33.0. The number of nitrogens with zero attached hydrogens (tertiary/aromatic N) is 3. The number of oxime groups is 1. The van der Waals surface area contributed by atoms with E-state index in [9.17, 15) is 19.2 Å². The lowest BCUT2D eigenvalue weighted by Crippen LogP contribution is -2.03. The minimum absolute atomic E-state index is 0.0512. The molecule has 9 rings (SSSR count). The summed E-state index contributed by atoms with van der Waals surface area (Å²) in [7, 11) is 0. The third-order valence-corrected chi connectivity index (χ3v) is 11.7. The number of hydrogen-bond donors (Lipinski definition) is 0. The average Bonchev–Trinajstić information content (AvgIpc) is 4.02. The van der Waals surface area contributed by atoms with Gasteiger partial charge in [0, 0.05) is 85.1 Å². The molecule has 0 bridgehead atoms. The molecule has 0 aliphatic heterocycles. The van der Waals surface area contributed by atoms with E-state index in [1.807, 2.05) is 158 Å². The van der Waals surface area contributed by atoms with Gasteiger partial charge in [-0.3, -0.25) is 14.4 Å². The topological polar surface area (TPSA) is 99.7 Å². The maximum Gasteiger partial charge on any atom is 0.332 e. The van der Waals surface area contributed by atoms with Crippen molar-refractivity contribution in [2.24, 2.45) is 5.16 Å². The van der Waals surface area contributed by atoms with E-state index in [0.717, 1.165) is 61.4 Å². The summed E-state index contributed by atoms with van der Waals surface area (Å²) in [6.45, 7) is 5.98. The summed E-state index contributed by atoms with van der Waals surface area (Å²) in [4.78, 5) is 58.4. The predicted octanol–water partition coefficient (Wildman–Crippen LogP) is 11.5. The van der Waals surface area contributed by atoms with E-state index in [1.165, 1.54) is 18.3 Å². The Morgan fingerprint density at radius 2 is 1.08 bits per heavy atom. The van der Waals surface area contributed by atoms with Crippen LogP contribution in [0, 0.1) is 0 Å². The standard InChI is InChI=1S/C51H37N3O5S/c1-4-10-43(52-59-31(3)55)34-16-24-46-41(27-34)42-30-37(51(58)48-13-9-26-60-48)19-25-47(42)54(46)38-20-14-33(15-21-38)50(57)36-18-23-45-40(29-36)39-28-35(17-22-44(39)53(45)5-2)49(56)32-11-7-6-8-12-32/h4,6-30H,5H2,1-3H3. The number of benzene rings is 6. The van der Waals surface area contributed by atoms with Crippen molar-refractivity contribution in [3.05, 3.63) is 195 Å². The van der Waals surface area contributed by atoms with Crippen LogP contribution in [0.1, 0.15) is 73.4 Å². The van der Waals surface area contributed by atoms with Crippen LogP contribution in [0.25, 0.3) is 49.3 Å². The second-order valence-corrected chi connectivity index (χ2v) is 15.4. The first-order valence-corrected chi connectivity index (χ1v) is 20.5. The quantitative estimate of drug-likeness (QED) is 0.0561. The summed E-state index contributed by atoms with van der Waals surface area (Å²) >= 11 is 1.40. The van der Waals surface area contributed by atoms with Crippen LogP contribution < -0.4 is 0 Å². The van der Waals surface area contributed by atoms with Crippen LogP contribution in [0.2, 0.25) is 0 Å². The van der Waals surface area contributed by atoms with Crippen molar-refractivity contribution in [2.45, 2.75) is 27.3 Å². The highest BCUT2D eigenvalue weighted by molar-refractivity contribution is 7.12. The van der Waals surface area contributed by atoms with E-state index >= 15 is 0 Å². The summed E-state index contributed by atoms with van der Waals surface area (Å²) in [6.07, 6.45) is 3.59. The minimum Gasteiger partial charge on any atom is -0.341 e. The summed E-state index contributed by atoms with van der Waals surface area (Å²) in [5, 5.41) is 9.55. The Labute approximate surface area is 349 Å². The number of hydrogen-bond acceptors (Lipinski definition) is 7. The molecule has 3 aromatic heterocycles. The molecule has 0 unspecified atom stereocenters. The van der Waals surface area contributed by atoms with Crippen molar-refractivity contribution in [1.82, 2.24) is 9.13 Å². The number of carbonyl (C=O) groups excluding carboxylic acids is 4. The number of aromatic nitrogens is 2. The van der Waals surface area contributed by atoms with E-state index < -0.39 is 5.97 Å². The first kappa shape index (κ1) is 38.1. The highest BCUT2D eigenvalue weighted by Crippen LogP contribution is 2.36. The predicted molar refractivity (Wildman–Crippen MR) is 240 cm³/mol. The highest BCUT2D eigenvalue weighted by atomic mass is 32.1. The number of rotatable bonds is 11. The number of thiophene rings is 1. The lowest BCUT2D eigenvalue weighted by Gasteiger charge is -2.10. The fraction of sp³-hybridized carbons (Fsp3) is 0.0784. The SMILES string of the molecule is CC=CC(=NOC(C)=O)c1ccc2c(c1)c1cc(C(=O)c3cccs3)ccc1n2-c1ccc(C(=O)c2ccc3c(c2)c2cc(C(=O)c4ccccc4)ccc2n3CC)cc1.